The number of nitrogens with zero attached hydrogens (tertiary/aromatic N) is 4. The van der Waals surface area contributed by atoms with Crippen LogP contribution in [-0.2, 0) is 4.79 Å². The number of non-ortho nitro benzene ring substituents is 1. The highest BCUT2D eigenvalue weighted by molar-refractivity contribution is 6.06. The fourth-order valence-corrected chi connectivity index (χ4v) is 3.37. The number of hydrogen-bond acceptors (Lipinski definition) is 6. The molecule has 0 radical (unpaired) electrons. The van der Waals surface area contributed by atoms with E-state index in [4.69, 9.17) is 0 Å². The Morgan fingerprint density at radius 2 is 1.90 bits per heavy atom. The molecule has 3 aromatic rings. The first kappa shape index (κ1) is 18.4. The van der Waals surface area contributed by atoms with E-state index in [1.165, 1.54) is 18.5 Å². The highest BCUT2D eigenvalue weighted by Crippen LogP contribution is 2.35. The Hall–Kier alpha value is -4.01. The van der Waals surface area contributed by atoms with Crippen molar-refractivity contribution in [3.05, 3.63) is 87.4 Å². The van der Waals surface area contributed by atoms with Crippen LogP contribution in [0.3, 0.4) is 0 Å². The van der Waals surface area contributed by atoms with Gasteiger partial charge in [0.05, 0.1) is 10.5 Å². The molecule has 0 fully saturated rings. The third-order valence-corrected chi connectivity index (χ3v) is 4.85. The number of amides is 1. The molecule has 0 saturated carbocycles. The Morgan fingerprint density at radius 3 is 2.59 bits per heavy atom. The van der Waals surface area contributed by atoms with Crippen molar-refractivity contribution in [1.29, 1.82) is 0 Å². The van der Waals surface area contributed by atoms with E-state index < -0.39 is 11.0 Å². The first-order valence-electron chi connectivity index (χ1n) is 8.94. The number of nitro groups is 1. The third-order valence-electron chi connectivity index (χ3n) is 4.85. The molecule has 1 aliphatic heterocycles. The van der Waals surface area contributed by atoms with Gasteiger partial charge in [-0.1, -0.05) is 18.2 Å². The van der Waals surface area contributed by atoms with Gasteiger partial charge in [0.15, 0.2) is 0 Å². The molecule has 1 unspecified atom stereocenters. The Balaban J connectivity index is 1.76. The molecule has 29 heavy (non-hydrogen) atoms. The average Bonchev–Trinajstić information content (AvgIpc) is 3.16. The van der Waals surface area contributed by atoms with E-state index in [1.807, 2.05) is 31.2 Å². The number of fused-ring (bicyclic) bond motifs is 1. The first-order valence-corrected chi connectivity index (χ1v) is 8.94. The Bertz CT molecular complexity index is 1130. The molecule has 0 saturated heterocycles. The summed E-state index contributed by atoms with van der Waals surface area (Å²) in [5, 5.41) is 21.3. The zero-order valence-electron chi connectivity index (χ0n) is 15.8. The van der Waals surface area contributed by atoms with Crippen LogP contribution in [0, 0.1) is 17.0 Å². The molecule has 0 bridgehead atoms. The number of rotatable bonds is 4. The molecule has 1 aliphatic rings. The van der Waals surface area contributed by atoms with Gasteiger partial charge in [-0.25, -0.2) is 4.68 Å². The molecule has 9 nitrogen and oxygen atoms in total. The van der Waals surface area contributed by atoms with Gasteiger partial charge in [-0.15, -0.1) is 0 Å². The quantitative estimate of drug-likeness (QED) is 0.521. The fraction of sp³-hybridized carbons (Fsp3) is 0.150. The van der Waals surface area contributed by atoms with Crippen LogP contribution in [0.15, 0.2) is 66.1 Å². The number of carbonyl (C=O) groups excluding carboxylic acids is 1. The predicted molar refractivity (Wildman–Crippen MR) is 107 cm³/mol. The lowest BCUT2D eigenvalue weighted by molar-refractivity contribution is -0.384. The summed E-state index contributed by atoms with van der Waals surface area (Å²) < 4.78 is 1.60. The number of benzene rings is 2. The molecule has 2 heterocycles. The van der Waals surface area contributed by atoms with Gasteiger partial charge in [0.25, 0.3) is 11.6 Å². The van der Waals surface area contributed by atoms with Crippen LogP contribution in [0.25, 0.3) is 0 Å². The fourth-order valence-electron chi connectivity index (χ4n) is 3.37. The third kappa shape index (κ3) is 3.33. The van der Waals surface area contributed by atoms with Gasteiger partial charge in [0.1, 0.15) is 12.4 Å². The Morgan fingerprint density at radius 1 is 1.17 bits per heavy atom. The van der Waals surface area contributed by atoms with Crippen molar-refractivity contribution < 1.29 is 9.72 Å². The monoisotopic (exact) mass is 390 g/mol. The predicted octanol–water partition coefficient (Wildman–Crippen LogP) is 3.42. The van der Waals surface area contributed by atoms with E-state index >= 15 is 0 Å². The molecule has 1 aromatic heterocycles. The standard InChI is InChI=1S/C20H18N6O3/c1-12-5-3-4-6-16(12)24-19(27)17-13(2)23-20-21-11-22-25(20)18(17)14-7-9-15(10-8-14)26(28)29/h3-11,18H,1-2H3,(H,24,27)(H,21,22,23). The molecular formula is C20H18N6O3. The summed E-state index contributed by atoms with van der Waals surface area (Å²) in [6, 6.07) is 13.0. The molecule has 2 N–H and O–H groups in total. The van der Waals surface area contributed by atoms with Gasteiger partial charge in [-0.05, 0) is 43.2 Å². The highest BCUT2D eigenvalue weighted by atomic mass is 16.6. The van der Waals surface area contributed by atoms with Gasteiger partial charge in [0.2, 0.25) is 5.95 Å². The maximum Gasteiger partial charge on any atom is 0.269 e. The van der Waals surface area contributed by atoms with Gasteiger partial charge in [-0.3, -0.25) is 14.9 Å². The van der Waals surface area contributed by atoms with Crippen LogP contribution in [-0.4, -0.2) is 25.6 Å². The summed E-state index contributed by atoms with van der Waals surface area (Å²) >= 11 is 0. The molecular weight excluding hydrogens is 372 g/mol. The number of para-hydroxylation sites is 1. The second-order valence-corrected chi connectivity index (χ2v) is 6.71. The van der Waals surface area contributed by atoms with Crippen LogP contribution in [0.5, 0.6) is 0 Å². The number of nitro benzene ring substituents is 1. The van der Waals surface area contributed by atoms with E-state index in [1.54, 1.807) is 23.7 Å². The van der Waals surface area contributed by atoms with Crippen molar-refractivity contribution >= 4 is 23.2 Å². The van der Waals surface area contributed by atoms with Crippen molar-refractivity contribution in [2.45, 2.75) is 19.9 Å². The molecule has 1 atom stereocenters. The maximum atomic E-state index is 13.2. The smallest absolute Gasteiger partial charge is 0.269 e. The van der Waals surface area contributed by atoms with Crippen molar-refractivity contribution in [2.24, 2.45) is 0 Å². The normalized spacial score (nSPS) is 15.4. The maximum absolute atomic E-state index is 13.2. The highest BCUT2D eigenvalue weighted by Gasteiger charge is 2.33. The number of carbonyl (C=O) groups is 1. The lowest BCUT2D eigenvalue weighted by atomic mass is 9.94. The summed E-state index contributed by atoms with van der Waals surface area (Å²) in [6.07, 6.45) is 1.40. The summed E-state index contributed by atoms with van der Waals surface area (Å²) in [6.45, 7) is 3.71. The number of anilines is 2. The first-order chi connectivity index (χ1) is 14.0. The molecule has 0 spiro atoms. The number of aromatic nitrogens is 3. The van der Waals surface area contributed by atoms with E-state index in [0.29, 0.717) is 28.5 Å². The summed E-state index contributed by atoms with van der Waals surface area (Å²) in [5.74, 6) is 0.215. The minimum atomic E-state index is -0.571. The second-order valence-electron chi connectivity index (χ2n) is 6.71. The minimum absolute atomic E-state index is 0.0203. The van der Waals surface area contributed by atoms with E-state index in [0.717, 1.165) is 5.56 Å². The number of aryl methyl sites for hydroxylation is 1. The van der Waals surface area contributed by atoms with E-state index in [9.17, 15) is 14.9 Å². The molecule has 2 aromatic carbocycles. The van der Waals surface area contributed by atoms with Crippen LogP contribution in [0.4, 0.5) is 17.3 Å². The van der Waals surface area contributed by atoms with Crippen LogP contribution in [0.1, 0.15) is 24.1 Å². The molecule has 4 rings (SSSR count). The largest absolute Gasteiger partial charge is 0.328 e. The molecule has 1 amide bonds. The minimum Gasteiger partial charge on any atom is -0.328 e. The van der Waals surface area contributed by atoms with E-state index in [-0.39, 0.29) is 11.6 Å². The van der Waals surface area contributed by atoms with Crippen molar-refractivity contribution in [3.63, 3.8) is 0 Å². The van der Waals surface area contributed by atoms with Crippen molar-refractivity contribution in [1.82, 2.24) is 14.8 Å². The Labute approximate surface area is 166 Å². The lowest BCUT2D eigenvalue weighted by Gasteiger charge is -2.28. The lowest BCUT2D eigenvalue weighted by Crippen LogP contribution is -2.31. The van der Waals surface area contributed by atoms with Gasteiger partial charge in [0, 0.05) is 23.5 Å². The van der Waals surface area contributed by atoms with E-state index in [2.05, 4.69) is 20.7 Å². The van der Waals surface area contributed by atoms with Gasteiger partial charge < -0.3 is 10.6 Å². The zero-order valence-corrected chi connectivity index (χ0v) is 15.8. The van der Waals surface area contributed by atoms with Crippen molar-refractivity contribution in [3.8, 4) is 0 Å². The summed E-state index contributed by atoms with van der Waals surface area (Å²) in [5.41, 5.74) is 3.42. The number of nitrogens with one attached hydrogen (secondary N) is 2. The van der Waals surface area contributed by atoms with Crippen LogP contribution < -0.4 is 10.6 Å². The van der Waals surface area contributed by atoms with Gasteiger partial charge in [-0.2, -0.15) is 10.1 Å². The average molecular weight is 390 g/mol. The van der Waals surface area contributed by atoms with Crippen molar-refractivity contribution in [2.75, 3.05) is 10.6 Å². The molecule has 9 heteroatoms. The summed E-state index contributed by atoms with van der Waals surface area (Å²) in [4.78, 5) is 28.0. The Kier molecular flexibility index (Phi) is 4.55. The number of hydrogen-bond donors (Lipinski definition) is 2. The topological polar surface area (TPSA) is 115 Å². The van der Waals surface area contributed by atoms with Crippen LogP contribution in [0.2, 0.25) is 0 Å². The van der Waals surface area contributed by atoms with Crippen LogP contribution >= 0.6 is 0 Å². The second kappa shape index (κ2) is 7.19. The molecule has 0 aliphatic carbocycles. The summed E-state index contributed by atoms with van der Waals surface area (Å²) in [7, 11) is 0. The van der Waals surface area contributed by atoms with Gasteiger partial charge >= 0.3 is 0 Å². The zero-order chi connectivity index (χ0) is 20.5. The molecule has 146 valence electrons. The SMILES string of the molecule is CC1=C(C(=O)Nc2ccccc2C)C(c2ccc([N+](=O)[O-])cc2)n2ncnc2N1. The number of allylic oxidation sites excluding steroid dienone is 1.